The van der Waals surface area contributed by atoms with Crippen LogP contribution in [0.1, 0.15) is 65.5 Å². The van der Waals surface area contributed by atoms with E-state index in [2.05, 4.69) is 20.8 Å². The second-order valence-corrected chi connectivity index (χ2v) is 8.40. The topological polar surface area (TPSA) is 80.8 Å². The van der Waals surface area contributed by atoms with E-state index in [-0.39, 0.29) is 49.0 Å². The Morgan fingerprint density at radius 3 is 1.93 bits per heavy atom. The smallest absolute Gasteiger partial charge is 0.338 e. The zero-order chi connectivity index (χ0) is 21.9. The van der Waals surface area contributed by atoms with Gasteiger partial charge in [0.15, 0.2) is 12.4 Å². The quantitative estimate of drug-likeness (QED) is 0.415. The lowest BCUT2D eigenvalue weighted by molar-refractivity contribution is -0.139. The molecule has 0 aliphatic carbocycles. The molecule has 1 aliphatic rings. The van der Waals surface area contributed by atoms with Gasteiger partial charge in [0.05, 0.1) is 12.1 Å². The van der Waals surface area contributed by atoms with Gasteiger partial charge in [-0.25, -0.2) is 4.79 Å². The monoisotopic (exact) mass is 407 g/mol. The molecule has 0 atom stereocenters. The Hall–Kier alpha value is -3.28. The SMILES string of the molecule is CC(C)(C)c1ccc(C(=O)COC(=O)c2ccc(CN3C(=O)CCC3=O)cc2)cc1. The van der Waals surface area contributed by atoms with Gasteiger partial charge in [-0.1, -0.05) is 57.2 Å². The molecule has 156 valence electrons. The van der Waals surface area contributed by atoms with Crippen LogP contribution in [0.2, 0.25) is 0 Å². The number of likely N-dealkylation sites (tertiary alicyclic amines) is 1. The average Bonchev–Trinajstić information content (AvgIpc) is 3.04. The van der Waals surface area contributed by atoms with Crippen molar-refractivity contribution in [1.82, 2.24) is 4.90 Å². The van der Waals surface area contributed by atoms with Gasteiger partial charge in [-0.2, -0.15) is 0 Å². The molecule has 3 rings (SSSR count). The molecule has 0 aromatic heterocycles. The first-order valence-electron chi connectivity index (χ1n) is 9.88. The number of Topliss-reactive ketones (excluding diaryl/α,β-unsaturated/α-hetero) is 1. The molecule has 2 amide bonds. The summed E-state index contributed by atoms with van der Waals surface area (Å²) in [7, 11) is 0. The summed E-state index contributed by atoms with van der Waals surface area (Å²) in [6.07, 6.45) is 0.492. The third-order valence-electron chi connectivity index (χ3n) is 5.09. The van der Waals surface area contributed by atoms with E-state index in [0.29, 0.717) is 11.1 Å². The fraction of sp³-hybridized carbons (Fsp3) is 0.333. The number of rotatable bonds is 6. The van der Waals surface area contributed by atoms with Crippen molar-refractivity contribution in [3.05, 3.63) is 70.8 Å². The second-order valence-electron chi connectivity index (χ2n) is 8.40. The van der Waals surface area contributed by atoms with Crippen LogP contribution in [0.5, 0.6) is 0 Å². The molecule has 1 heterocycles. The number of carbonyl (C=O) groups is 4. The van der Waals surface area contributed by atoms with E-state index in [9.17, 15) is 19.2 Å². The Morgan fingerprint density at radius 2 is 1.40 bits per heavy atom. The molecule has 2 aromatic carbocycles. The minimum absolute atomic E-state index is 0.00441. The van der Waals surface area contributed by atoms with Gasteiger partial charge in [0.1, 0.15) is 0 Å². The molecular weight excluding hydrogens is 382 g/mol. The number of ketones is 1. The van der Waals surface area contributed by atoms with Crippen LogP contribution in [0, 0.1) is 0 Å². The molecule has 6 nitrogen and oxygen atoms in total. The largest absolute Gasteiger partial charge is 0.454 e. The Kier molecular flexibility index (Phi) is 6.15. The van der Waals surface area contributed by atoms with Gasteiger partial charge in [0, 0.05) is 18.4 Å². The lowest BCUT2D eigenvalue weighted by atomic mass is 9.86. The number of imide groups is 1. The third kappa shape index (κ3) is 5.00. The number of nitrogens with zero attached hydrogens (tertiary/aromatic N) is 1. The van der Waals surface area contributed by atoms with Gasteiger partial charge in [0.2, 0.25) is 11.8 Å². The predicted molar refractivity (Wildman–Crippen MR) is 111 cm³/mol. The predicted octanol–water partition coefficient (Wildman–Crippen LogP) is 3.67. The van der Waals surface area contributed by atoms with E-state index in [4.69, 9.17) is 4.74 Å². The maximum Gasteiger partial charge on any atom is 0.338 e. The molecule has 0 radical (unpaired) electrons. The molecule has 1 aliphatic heterocycles. The average molecular weight is 407 g/mol. The van der Waals surface area contributed by atoms with E-state index in [1.165, 1.54) is 4.90 Å². The first-order valence-corrected chi connectivity index (χ1v) is 9.88. The summed E-state index contributed by atoms with van der Waals surface area (Å²) < 4.78 is 5.14. The van der Waals surface area contributed by atoms with Gasteiger partial charge in [-0.3, -0.25) is 19.3 Å². The summed E-state index contributed by atoms with van der Waals surface area (Å²) in [6, 6.07) is 13.8. The fourth-order valence-corrected chi connectivity index (χ4v) is 3.18. The highest BCUT2D eigenvalue weighted by atomic mass is 16.5. The lowest BCUT2D eigenvalue weighted by Gasteiger charge is -2.18. The summed E-state index contributed by atoms with van der Waals surface area (Å²) >= 11 is 0. The van der Waals surface area contributed by atoms with Crippen LogP contribution in [0.3, 0.4) is 0 Å². The number of carbonyl (C=O) groups excluding carboxylic acids is 4. The summed E-state index contributed by atoms with van der Waals surface area (Å²) in [5.74, 6) is -1.24. The van der Waals surface area contributed by atoms with Gasteiger partial charge in [-0.05, 0) is 28.7 Å². The number of hydrogen-bond donors (Lipinski definition) is 0. The van der Waals surface area contributed by atoms with Crippen molar-refractivity contribution in [2.45, 2.75) is 45.6 Å². The zero-order valence-electron chi connectivity index (χ0n) is 17.4. The molecule has 0 spiro atoms. The van der Waals surface area contributed by atoms with Gasteiger partial charge in [-0.15, -0.1) is 0 Å². The number of amides is 2. The molecule has 1 fully saturated rings. The number of hydrogen-bond acceptors (Lipinski definition) is 5. The van der Waals surface area contributed by atoms with E-state index in [0.717, 1.165) is 11.1 Å². The maximum atomic E-state index is 12.3. The first kappa shape index (κ1) is 21.4. The lowest BCUT2D eigenvalue weighted by Crippen LogP contribution is -2.28. The van der Waals surface area contributed by atoms with Crippen LogP contribution in [-0.2, 0) is 26.3 Å². The molecule has 0 bridgehead atoms. The van der Waals surface area contributed by atoms with Crippen molar-refractivity contribution in [3.8, 4) is 0 Å². The Morgan fingerprint density at radius 1 is 0.867 bits per heavy atom. The van der Waals surface area contributed by atoms with E-state index < -0.39 is 5.97 Å². The first-order chi connectivity index (χ1) is 14.1. The van der Waals surface area contributed by atoms with Crippen molar-refractivity contribution in [2.75, 3.05) is 6.61 Å². The molecule has 1 saturated heterocycles. The van der Waals surface area contributed by atoms with Crippen molar-refractivity contribution in [2.24, 2.45) is 0 Å². The van der Waals surface area contributed by atoms with Gasteiger partial charge in [0.25, 0.3) is 0 Å². The van der Waals surface area contributed by atoms with E-state index in [1.807, 2.05) is 12.1 Å². The van der Waals surface area contributed by atoms with Crippen LogP contribution in [-0.4, -0.2) is 35.1 Å². The minimum Gasteiger partial charge on any atom is -0.454 e. The normalized spacial score (nSPS) is 14.2. The standard InChI is InChI=1S/C24H25NO5/c1-24(2,3)19-10-8-17(9-11-19)20(26)15-30-23(29)18-6-4-16(5-7-18)14-25-21(27)12-13-22(25)28/h4-11H,12-15H2,1-3H3. The minimum atomic E-state index is -0.602. The van der Waals surface area contributed by atoms with Crippen molar-refractivity contribution in [1.29, 1.82) is 0 Å². The number of benzene rings is 2. The zero-order valence-corrected chi connectivity index (χ0v) is 17.4. The van der Waals surface area contributed by atoms with Crippen LogP contribution in [0.25, 0.3) is 0 Å². The van der Waals surface area contributed by atoms with Crippen LogP contribution >= 0.6 is 0 Å². The molecule has 0 unspecified atom stereocenters. The highest BCUT2D eigenvalue weighted by Crippen LogP contribution is 2.22. The third-order valence-corrected chi connectivity index (χ3v) is 5.09. The fourth-order valence-electron chi connectivity index (χ4n) is 3.18. The highest BCUT2D eigenvalue weighted by Gasteiger charge is 2.28. The molecule has 2 aromatic rings. The van der Waals surface area contributed by atoms with Crippen molar-refractivity contribution >= 4 is 23.6 Å². The molecule has 6 heteroatoms. The molecule has 30 heavy (non-hydrogen) atoms. The van der Waals surface area contributed by atoms with Crippen LogP contribution in [0.15, 0.2) is 48.5 Å². The van der Waals surface area contributed by atoms with Crippen molar-refractivity contribution < 1.29 is 23.9 Å². The summed E-state index contributed by atoms with van der Waals surface area (Å²) in [5, 5.41) is 0. The summed E-state index contributed by atoms with van der Waals surface area (Å²) in [5.41, 5.74) is 2.65. The molecular formula is C24H25NO5. The van der Waals surface area contributed by atoms with Crippen molar-refractivity contribution in [3.63, 3.8) is 0 Å². The Labute approximate surface area is 175 Å². The highest BCUT2D eigenvalue weighted by molar-refractivity contribution is 6.02. The van der Waals surface area contributed by atoms with E-state index in [1.54, 1.807) is 36.4 Å². The summed E-state index contributed by atoms with van der Waals surface area (Å²) in [6.45, 7) is 6.13. The number of ether oxygens (including phenoxy) is 1. The van der Waals surface area contributed by atoms with Gasteiger partial charge < -0.3 is 4.74 Å². The summed E-state index contributed by atoms with van der Waals surface area (Å²) in [4.78, 5) is 49.1. The molecule has 0 N–H and O–H groups in total. The van der Waals surface area contributed by atoms with Crippen LogP contribution < -0.4 is 0 Å². The maximum absolute atomic E-state index is 12.3. The van der Waals surface area contributed by atoms with E-state index >= 15 is 0 Å². The van der Waals surface area contributed by atoms with Crippen LogP contribution in [0.4, 0.5) is 0 Å². The molecule has 0 saturated carbocycles. The second kappa shape index (κ2) is 8.61. The number of esters is 1. The van der Waals surface area contributed by atoms with Gasteiger partial charge >= 0.3 is 5.97 Å². The Bertz CT molecular complexity index is 952. The Balaban J connectivity index is 1.55.